The van der Waals surface area contributed by atoms with E-state index < -0.39 is 23.7 Å². The quantitative estimate of drug-likeness (QED) is 0.491. The van der Waals surface area contributed by atoms with E-state index in [1.165, 1.54) is 0 Å². The largest absolute Gasteiger partial charge is 0.366 e. The molecule has 0 aliphatic heterocycles. The van der Waals surface area contributed by atoms with Crippen molar-refractivity contribution < 1.29 is 14.9 Å². The van der Waals surface area contributed by atoms with Crippen LogP contribution in [0, 0.1) is 0 Å². The first kappa shape index (κ1) is 19.6. The lowest BCUT2D eigenvalue weighted by atomic mass is 10.0. The molecule has 7 nitrogen and oxygen atoms in total. The molecule has 29 heavy (non-hydrogen) atoms. The predicted octanol–water partition coefficient (Wildman–Crippen LogP) is 3.21. The summed E-state index contributed by atoms with van der Waals surface area (Å²) in [5, 5.41) is 21.8. The molecule has 7 heteroatoms. The molecule has 2 N–H and O–H groups in total. The standard InChI is InChI=1S/C22H26N4O3/c1-21(2,25-13-23-15-9-5-7-11-17(15)25)19(27)29-20(28)22(3,4)26-14-24-16-10-6-8-12-18(16)26/h5-14,19-20,27-28H,1-4H3. The lowest BCUT2D eigenvalue weighted by molar-refractivity contribution is -0.267. The number of hydrogen-bond acceptors (Lipinski definition) is 5. The van der Waals surface area contributed by atoms with Gasteiger partial charge in [-0.3, -0.25) is 0 Å². The van der Waals surface area contributed by atoms with Crippen molar-refractivity contribution in [3.05, 3.63) is 61.2 Å². The first-order valence-corrected chi connectivity index (χ1v) is 9.59. The van der Waals surface area contributed by atoms with Crippen molar-refractivity contribution in [1.29, 1.82) is 0 Å². The number of imidazole rings is 2. The summed E-state index contributed by atoms with van der Waals surface area (Å²) in [7, 11) is 0. The zero-order chi connectivity index (χ0) is 20.8. The molecule has 0 saturated carbocycles. The molecule has 4 aromatic rings. The van der Waals surface area contributed by atoms with Crippen LogP contribution in [0.3, 0.4) is 0 Å². The van der Waals surface area contributed by atoms with Crippen molar-refractivity contribution in [2.24, 2.45) is 0 Å². The second-order valence-corrected chi connectivity index (χ2v) is 8.35. The van der Waals surface area contributed by atoms with E-state index in [0.29, 0.717) is 0 Å². The van der Waals surface area contributed by atoms with Crippen LogP contribution in [0.1, 0.15) is 27.7 Å². The summed E-state index contributed by atoms with van der Waals surface area (Å²) in [6.45, 7) is 7.38. The van der Waals surface area contributed by atoms with Gasteiger partial charge in [0.25, 0.3) is 0 Å². The third-order valence-electron chi connectivity index (χ3n) is 5.62. The zero-order valence-electron chi connectivity index (χ0n) is 17.0. The van der Waals surface area contributed by atoms with Crippen molar-refractivity contribution in [2.45, 2.75) is 51.4 Å². The Labute approximate surface area is 169 Å². The molecule has 0 aliphatic rings. The number of aromatic nitrogens is 4. The monoisotopic (exact) mass is 394 g/mol. The van der Waals surface area contributed by atoms with Crippen LogP contribution < -0.4 is 0 Å². The first-order valence-electron chi connectivity index (χ1n) is 9.59. The molecule has 2 unspecified atom stereocenters. The summed E-state index contributed by atoms with van der Waals surface area (Å²) in [5.41, 5.74) is 1.72. The van der Waals surface area contributed by atoms with Crippen molar-refractivity contribution in [3.8, 4) is 0 Å². The highest BCUT2D eigenvalue weighted by atomic mass is 16.7. The Bertz CT molecular complexity index is 1060. The third-order valence-corrected chi connectivity index (χ3v) is 5.62. The Morgan fingerprint density at radius 1 is 0.724 bits per heavy atom. The van der Waals surface area contributed by atoms with Crippen molar-refractivity contribution >= 4 is 22.1 Å². The number of benzene rings is 2. The molecule has 4 rings (SSSR count). The van der Waals surface area contributed by atoms with Crippen LogP contribution in [-0.4, -0.2) is 41.9 Å². The summed E-state index contributed by atoms with van der Waals surface area (Å²) in [6.07, 6.45) is 0.810. The highest BCUT2D eigenvalue weighted by Crippen LogP contribution is 2.31. The van der Waals surface area contributed by atoms with E-state index in [-0.39, 0.29) is 0 Å². The lowest BCUT2D eigenvalue weighted by Gasteiger charge is -2.38. The van der Waals surface area contributed by atoms with Crippen LogP contribution in [0.2, 0.25) is 0 Å². The van der Waals surface area contributed by atoms with Crippen LogP contribution in [0.5, 0.6) is 0 Å². The number of hydrogen-bond donors (Lipinski definition) is 2. The SMILES string of the molecule is CC(C)(C(O)OC(O)C(C)(C)n1cnc2ccccc21)n1cnc2ccccc21. The number of para-hydroxylation sites is 4. The van der Waals surface area contributed by atoms with E-state index in [9.17, 15) is 10.2 Å². The number of nitrogens with zero attached hydrogens (tertiary/aromatic N) is 4. The number of aliphatic hydroxyl groups excluding tert-OH is 2. The van der Waals surface area contributed by atoms with Gasteiger partial charge in [0.05, 0.1) is 45.8 Å². The number of fused-ring (bicyclic) bond motifs is 2. The lowest BCUT2D eigenvalue weighted by Crippen LogP contribution is -2.48. The Morgan fingerprint density at radius 2 is 1.10 bits per heavy atom. The highest BCUT2D eigenvalue weighted by Gasteiger charge is 2.39. The molecule has 0 radical (unpaired) electrons. The first-order chi connectivity index (χ1) is 13.7. The zero-order valence-corrected chi connectivity index (χ0v) is 17.0. The molecule has 0 fully saturated rings. The Balaban J connectivity index is 1.60. The smallest absolute Gasteiger partial charge is 0.181 e. The van der Waals surface area contributed by atoms with Gasteiger partial charge in [0.15, 0.2) is 12.6 Å². The molecule has 2 heterocycles. The van der Waals surface area contributed by atoms with Crippen molar-refractivity contribution in [3.63, 3.8) is 0 Å². The molecule has 2 atom stereocenters. The van der Waals surface area contributed by atoms with Gasteiger partial charge in [-0.15, -0.1) is 0 Å². The van der Waals surface area contributed by atoms with Crippen LogP contribution in [0.4, 0.5) is 0 Å². The van der Waals surface area contributed by atoms with Crippen LogP contribution in [-0.2, 0) is 15.8 Å². The van der Waals surface area contributed by atoms with E-state index in [2.05, 4.69) is 9.97 Å². The van der Waals surface area contributed by atoms with Gasteiger partial charge in [-0.05, 0) is 52.0 Å². The number of ether oxygens (including phenoxy) is 1. The van der Waals surface area contributed by atoms with Gasteiger partial charge in [-0.25, -0.2) is 9.97 Å². The average molecular weight is 394 g/mol. The van der Waals surface area contributed by atoms with Crippen molar-refractivity contribution in [2.75, 3.05) is 0 Å². The predicted molar refractivity (Wildman–Crippen MR) is 111 cm³/mol. The minimum absolute atomic E-state index is 0.832. The van der Waals surface area contributed by atoms with E-state index in [0.717, 1.165) is 22.1 Å². The minimum atomic E-state index is -1.27. The van der Waals surface area contributed by atoms with Crippen LogP contribution in [0.15, 0.2) is 61.2 Å². The molecule has 0 amide bonds. The summed E-state index contributed by atoms with van der Waals surface area (Å²) in [6, 6.07) is 15.4. The summed E-state index contributed by atoms with van der Waals surface area (Å²) in [4.78, 5) is 8.78. The van der Waals surface area contributed by atoms with E-state index in [4.69, 9.17) is 4.74 Å². The van der Waals surface area contributed by atoms with Gasteiger partial charge in [0.1, 0.15) is 0 Å². The van der Waals surface area contributed by atoms with Crippen LogP contribution in [0.25, 0.3) is 22.1 Å². The second kappa shape index (κ2) is 6.95. The Hall–Kier alpha value is -2.74. The van der Waals surface area contributed by atoms with Gasteiger partial charge in [-0.2, -0.15) is 0 Å². The fraction of sp³-hybridized carbons (Fsp3) is 0.364. The molecule has 2 aromatic carbocycles. The second-order valence-electron chi connectivity index (χ2n) is 8.35. The molecular formula is C22H26N4O3. The van der Waals surface area contributed by atoms with Gasteiger partial charge in [0, 0.05) is 0 Å². The molecule has 0 aliphatic carbocycles. The highest BCUT2D eigenvalue weighted by molar-refractivity contribution is 5.76. The van der Waals surface area contributed by atoms with Gasteiger partial charge in [-0.1, -0.05) is 24.3 Å². The van der Waals surface area contributed by atoms with Gasteiger partial charge < -0.3 is 24.1 Å². The van der Waals surface area contributed by atoms with Crippen molar-refractivity contribution in [1.82, 2.24) is 19.1 Å². The maximum absolute atomic E-state index is 10.9. The number of rotatable bonds is 6. The topological polar surface area (TPSA) is 85.3 Å². The fourth-order valence-electron chi connectivity index (χ4n) is 3.53. The fourth-order valence-corrected chi connectivity index (χ4v) is 3.53. The van der Waals surface area contributed by atoms with E-state index in [1.54, 1.807) is 12.7 Å². The number of aliphatic hydroxyl groups is 2. The van der Waals surface area contributed by atoms with E-state index >= 15 is 0 Å². The minimum Gasteiger partial charge on any atom is -0.366 e. The normalized spacial score (nSPS) is 15.1. The molecule has 2 aromatic heterocycles. The molecule has 0 bridgehead atoms. The van der Waals surface area contributed by atoms with Crippen LogP contribution >= 0.6 is 0 Å². The van der Waals surface area contributed by atoms with Gasteiger partial charge >= 0.3 is 0 Å². The summed E-state index contributed by atoms with van der Waals surface area (Å²) < 4.78 is 9.46. The molecule has 0 spiro atoms. The maximum Gasteiger partial charge on any atom is 0.181 e. The Kier molecular flexibility index (Phi) is 4.69. The molecular weight excluding hydrogens is 368 g/mol. The maximum atomic E-state index is 10.9. The van der Waals surface area contributed by atoms with E-state index in [1.807, 2.05) is 85.4 Å². The van der Waals surface area contributed by atoms with Gasteiger partial charge in [0.2, 0.25) is 0 Å². The summed E-state index contributed by atoms with van der Waals surface area (Å²) in [5.74, 6) is 0. The molecule has 152 valence electrons. The Morgan fingerprint density at radius 3 is 1.52 bits per heavy atom. The average Bonchev–Trinajstić information content (AvgIpc) is 3.32. The third kappa shape index (κ3) is 3.21. The summed E-state index contributed by atoms with van der Waals surface area (Å²) >= 11 is 0. The molecule has 0 saturated heterocycles.